The molecule has 1 saturated heterocycles. The Labute approximate surface area is 188 Å². The van der Waals surface area contributed by atoms with E-state index in [0.29, 0.717) is 11.1 Å². The molecule has 1 heterocycles. The van der Waals surface area contributed by atoms with Crippen LogP contribution < -0.4 is 0 Å². The first-order chi connectivity index (χ1) is 14.7. The summed E-state index contributed by atoms with van der Waals surface area (Å²) in [4.78, 5) is 17.3. The SMILES string of the molecule is Cc1ccc(S(=O)(=O)O)c(CCN=C2C(=O)N(C(C)(C)C)S(=O)(=O)C2c2ccccc2)c1. The fraction of sp³-hybridized carbons (Fsp3) is 0.364. The third-order valence-electron chi connectivity index (χ3n) is 5.07. The van der Waals surface area contributed by atoms with E-state index in [0.717, 1.165) is 9.87 Å². The zero-order valence-corrected chi connectivity index (χ0v) is 19.9. The highest BCUT2D eigenvalue weighted by molar-refractivity contribution is 7.92. The second-order valence-electron chi connectivity index (χ2n) is 8.68. The van der Waals surface area contributed by atoms with E-state index in [9.17, 15) is 26.2 Å². The van der Waals surface area contributed by atoms with Gasteiger partial charge in [0.1, 0.15) is 5.71 Å². The molecule has 0 aromatic heterocycles. The average molecular weight is 479 g/mol. The normalized spacial score (nSPS) is 20.2. The van der Waals surface area contributed by atoms with Crippen molar-refractivity contribution in [1.29, 1.82) is 0 Å². The van der Waals surface area contributed by atoms with Gasteiger partial charge in [-0.25, -0.2) is 12.7 Å². The average Bonchev–Trinajstić information content (AvgIpc) is 2.86. The first-order valence-corrected chi connectivity index (χ1v) is 12.9. The minimum Gasteiger partial charge on any atom is -0.282 e. The fourth-order valence-electron chi connectivity index (χ4n) is 3.82. The molecular weight excluding hydrogens is 452 g/mol. The summed E-state index contributed by atoms with van der Waals surface area (Å²) in [5.41, 5.74) is 0.483. The Bertz CT molecular complexity index is 1280. The van der Waals surface area contributed by atoms with Gasteiger partial charge in [0.15, 0.2) is 5.25 Å². The molecule has 1 fully saturated rings. The lowest BCUT2D eigenvalue weighted by Crippen LogP contribution is -2.45. The van der Waals surface area contributed by atoms with Gasteiger partial charge in [0.25, 0.3) is 26.0 Å². The molecule has 1 atom stereocenters. The van der Waals surface area contributed by atoms with Gasteiger partial charge in [-0.05, 0) is 51.3 Å². The number of hydrogen-bond acceptors (Lipinski definition) is 6. The van der Waals surface area contributed by atoms with Crippen LogP contribution in [0.4, 0.5) is 0 Å². The molecule has 0 radical (unpaired) electrons. The van der Waals surface area contributed by atoms with E-state index in [2.05, 4.69) is 4.99 Å². The van der Waals surface area contributed by atoms with Crippen molar-refractivity contribution in [3.05, 3.63) is 65.2 Å². The Kier molecular flexibility index (Phi) is 6.34. The molecule has 8 nitrogen and oxygen atoms in total. The molecule has 2 aromatic carbocycles. The van der Waals surface area contributed by atoms with Gasteiger partial charge in [0.05, 0.1) is 10.4 Å². The minimum atomic E-state index is -4.43. The smallest absolute Gasteiger partial charge is 0.282 e. The van der Waals surface area contributed by atoms with Gasteiger partial charge < -0.3 is 0 Å². The fourth-order valence-corrected chi connectivity index (χ4v) is 6.81. The van der Waals surface area contributed by atoms with Crippen molar-refractivity contribution in [3.63, 3.8) is 0 Å². The molecule has 10 heteroatoms. The number of aliphatic imine (C=N–C) groups is 1. The van der Waals surface area contributed by atoms with Crippen LogP contribution in [0.2, 0.25) is 0 Å². The summed E-state index contributed by atoms with van der Waals surface area (Å²) in [6.07, 6.45) is 0.102. The molecule has 1 aliphatic heterocycles. The number of rotatable bonds is 5. The second kappa shape index (κ2) is 8.42. The van der Waals surface area contributed by atoms with E-state index < -0.39 is 36.8 Å². The molecule has 0 bridgehead atoms. The third kappa shape index (κ3) is 4.62. The van der Waals surface area contributed by atoms with E-state index in [-0.39, 0.29) is 23.6 Å². The van der Waals surface area contributed by atoms with Gasteiger partial charge >= 0.3 is 0 Å². The van der Waals surface area contributed by atoms with Gasteiger partial charge in [0, 0.05) is 6.54 Å². The van der Waals surface area contributed by atoms with Crippen molar-refractivity contribution in [2.45, 2.75) is 49.8 Å². The highest BCUT2D eigenvalue weighted by atomic mass is 32.2. The number of benzene rings is 2. The number of sulfonamides is 1. The molecule has 2 aromatic rings. The molecule has 0 spiro atoms. The van der Waals surface area contributed by atoms with Crippen LogP contribution >= 0.6 is 0 Å². The molecule has 0 aliphatic carbocycles. The van der Waals surface area contributed by atoms with Crippen molar-refractivity contribution in [2.24, 2.45) is 4.99 Å². The van der Waals surface area contributed by atoms with E-state index >= 15 is 0 Å². The predicted molar refractivity (Wildman–Crippen MR) is 122 cm³/mol. The molecule has 32 heavy (non-hydrogen) atoms. The van der Waals surface area contributed by atoms with Crippen LogP contribution in [0.25, 0.3) is 0 Å². The lowest BCUT2D eigenvalue weighted by atomic mass is 10.0. The zero-order valence-electron chi connectivity index (χ0n) is 18.3. The van der Waals surface area contributed by atoms with Gasteiger partial charge in [-0.1, -0.05) is 48.0 Å². The van der Waals surface area contributed by atoms with Gasteiger partial charge in [-0.15, -0.1) is 0 Å². The number of hydrogen-bond donors (Lipinski definition) is 1. The van der Waals surface area contributed by atoms with Crippen molar-refractivity contribution >= 4 is 31.8 Å². The molecule has 1 amide bonds. The van der Waals surface area contributed by atoms with Crippen LogP contribution in [0.15, 0.2) is 58.4 Å². The molecule has 1 N–H and O–H groups in total. The van der Waals surface area contributed by atoms with Gasteiger partial charge in [-0.2, -0.15) is 8.42 Å². The predicted octanol–water partition coefficient (Wildman–Crippen LogP) is 2.94. The van der Waals surface area contributed by atoms with E-state index in [1.165, 1.54) is 6.07 Å². The van der Waals surface area contributed by atoms with Crippen LogP contribution in [0, 0.1) is 6.92 Å². The van der Waals surface area contributed by atoms with Crippen LogP contribution in [-0.2, 0) is 31.4 Å². The Morgan fingerprint density at radius 1 is 1.09 bits per heavy atom. The summed E-state index contributed by atoms with van der Waals surface area (Å²) in [6, 6.07) is 12.9. The Balaban J connectivity index is 2.04. The van der Waals surface area contributed by atoms with Crippen molar-refractivity contribution in [3.8, 4) is 0 Å². The molecule has 1 unspecified atom stereocenters. The summed E-state index contributed by atoms with van der Waals surface area (Å²) in [5.74, 6) is -0.689. The first kappa shape index (κ1) is 24.1. The summed E-state index contributed by atoms with van der Waals surface area (Å²) in [7, 11) is -8.48. The lowest BCUT2D eigenvalue weighted by Gasteiger charge is -2.30. The third-order valence-corrected chi connectivity index (χ3v) is 8.34. The van der Waals surface area contributed by atoms with Crippen LogP contribution in [-0.4, -0.2) is 49.4 Å². The molecular formula is C22H26N2O6S2. The number of aryl methyl sites for hydroxylation is 1. The monoisotopic (exact) mass is 478 g/mol. The lowest BCUT2D eigenvalue weighted by molar-refractivity contribution is -0.122. The topological polar surface area (TPSA) is 121 Å². The highest BCUT2D eigenvalue weighted by Crippen LogP contribution is 2.38. The quantitative estimate of drug-likeness (QED) is 0.660. The number of nitrogens with zero attached hydrogens (tertiary/aromatic N) is 2. The zero-order chi connectivity index (χ0) is 23.9. The Morgan fingerprint density at radius 3 is 2.28 bits per heavy atom. The van der Waals surface area contributed by atoms with Crippen molar-refractivity contribution < 1.29 is 26.2 Å². The standard InChI is InChI=1S/C22H26N2O6S2/c1-15-10-11-18(32(28,29)30)17(14-15)12-13-23-19-20(16-8-6-5-7-9-16)31(26,27)24(21(19)25)22(2,3)4/h5-11,14,20H,12-13H2,1-4H3,(H,28,29,30). The maximum atomic E-state index is 13.3. The maximum absolute atomic E-state index is 13.3. The van der Waals surface area contributed by atoms with Crippen LogP contribution in [0.1, 0.15) is 42.7 Å². The summed E-state index contributed by atoms with van der Waals surface area (Å²) in [6.45, 7) is 6.67. The van der Waals surface area contributed by atoms with E-state index in [4.69, 9.17) is 0 Å². The molecule has 1 aliphatic rings. The van der Waals surface area contributed by atoms with Gasteiger partial charge in [0.2, 0.25) is 0 Å². The number of carbonyl (C=O) groups is 1. The summed E-state index contributed by atoms with van der Waals surface area (Å²) >= 11 is 0. The summed E-state index contributed by atoms with van der Waals surface area (Å²) < 4.78 is 60.4. The maximum Gasteiger partial charge on any atom is 0.294 e. The Hall–Kier alpha value is -2.56. The van der Waals surface area contributed by atoms with E-state index in [1.54, 1.807) is 70.2 Å². The van der Waals surface area contributed by atoms with Gasteiger partial charge in [-0.3, -0.25) is 14.3 Å². The van der Waals surface area contributed by atoms with Crippen LogP contribution in [0.3, 0.4) is 0 Å². The second-order valence-corrected chi connectivity index (χ2v) is 11.9. The summed E-state index contributed by atoms with van der Waals surface area (Å²) in [5, 5.41) is -1.24. The molecule has 172 valence electrons. The molecule has 0 saturated carbocycles. The minimum absolute atomic E-state index is 0.0239. The van der Waals surface area contributed by atoms with Crippen molar-refractivity contribution in [1.82, 2.24) is 4.31 Å². The molecule has 3 rings (SSSR count). The number of amides is 1. The first-order valence-electron chi connectivity index (χ1n) is 9.99. The van der Waals surface area contributed by atoms with Crippen LogP contribution in [0.5, 0.6) is 0 Å². The van der Waals surface area contributed by atoms with E-state index in [1.807, 2.05) is 0 Å². The van der Waals surface area contributed by atoms with Crippen molar-refractivity contribution in [2.75, 3.05) is 6.54 Å². The highest BCUT2D eigenvalue weighted by Gasteiger charge is 2.54. The largest absolute Gasteiger partial charge is 0.294 e. The number of carbonyl (C=O) groups excluding carboxylic acids is 1. The Morgan fingerprint density at radius 2 is 1.72 bits per heavy atom.